The predicted molar refractivity (Wildman–Crippen MR) is 148 cm³/mol. The van der Waals surface area contributed by atoms with Crippen LogP contribution in [0.25, 0.3) is 16.8 Å². The minimum atomic E-state index is -0.764. The third kappa shape index (κ3) is 4.39. The number of fused-ring (bicyclic) bond motifs is 2. The van der Waals surface area contributed by atoms with Crippen molar-refractivity contribution in [3.05, 3.63) is 90.7 Å². The van der Waals surface area contributed by atoms with Crippen LogP contribution in [-0.2, 0) is 16.6 Å². The van der Waals surface area contributed by atoms with Crippen LogP contribution in [0.2, 0.25) is 0 Å². The van der Waals surface area contributed by atoms with E-state index < -0.39 is 18.5 Å². The molecule has 0 bridgehead atoms. The van der Waals surface area contributed by atoms with Gasteiger partial charge in [-0.3, -0.25) is 9.59 Å². The molecule has 0 N–H and O–H groups in total. The quantitative estimate of drug-likeness (QED) is 0.328. The van der Waals surface area contributed by atoms with Crippen molar-refractivity contribution >= 4 is 57.1 Å². The van der Waals surface area contributed by atoms with E-state index in [0.717, 1.165) is 45.0 Å². The fourth-order valence-electron chi connectivity index (χ4n) is 5.20. The van der Waals surface area contributed by atoms with Crippen molar-refractivity contribution < 1.29 is 14.3 Å². The van der Waals surface area contributed by atoms with Crippen molar-refractivity contribution in [1.29, 1.82) is 0 Å². The molecular formula is C28H24N4O4S2. The molecule has 1 aliphatic heterocycles. The molecule has 6 rings (SSSR count). The third-order valence-electron chi connectivity index (χ3n) is 6.93. The first-order valence-corrected chi connectivity index (χ1v) is 14.1. The molecule has 192 valence electrons. The van der Waals surface area contributed by atoms with Gasteiger partial charge in [-0.1, -0.05) is 30.3 Å². The maximum atomic E-state index is 13.5. The van der Waals surface area contributed by atoms with Crippen molar-refractivity contribution in [2.45, 2.75) is 25.3 Å². The zero-order valence-electron chi connectivity index (χ0n) is 20.6. The van der Waals surface area contributed by atoms with Crippen molar-refractivity contribution in [3.8, 4) is 0 Å². The Bertz CT molecular complexity index is 1640. The lowest BCUT2D eigenvalue weighted by Gasteiger charge is -2.28. The molecule has 38 heavy (non-hydrogen) atoms. The smallest absolute Gasteiger partial charge is 0.359 e. The molecule has 0 radical (unpaired) electrons. The number of esters is 1. The summed E-state index contributed by atoms with van der Waals surface area (Å²) >= 11 is 3.27. The molecule has 8 nitrogen and oxygen atoms in total. The molecule has 4 heterocycles. The van der Waals surface area contributed by atoms with E-state index >= 15 is 0 Å². The van der Waals surface area contributed by atoms with E-state index in [1.54, 1.807) is 46.9 Å². The highest BCUT2D eigenvalue weighted by Crippen LogP contribution is 2.45. The number of amides is 1. The Labute approximate surface area is 226 Å². The number of thiophene rings is 2. The van der Waals surface area contributed by atoms with E-state index in [2.05, 4.69) is 17.2 Å². The number of ether oxygens (including phenoxy) is 1. The second kappa shape index (κ2) is 10.1. The Kier molecular flexibility index (Phi) is 6.50. The molecule has 1 amide bonds. The summed E-state index contributed by atoms with van der Waals surface area (Å²) in [6.45, 7) is -0.479. The predicted octanol–water partition coefficient (Wildman–Crippen LogP) is 5.04. The minimum Gasteiger partial charge on any atom is -0.451 e. The number of aryl methyl sites for hydroxylation is 1. The van der Waals surface area contributed by atoms with Gasteiger partial charge in [-0.2, -0.15) is 10.2 Å². The average molecular weight is 545 g/mol. The first-order valence-electron chi connectivity index (χ1n) is 12.3. The van der Waals surface area contributed by atoms with Crippen LogP contribution in [0, 0.1) is 5.92 Å². The highest BCUT2D eigenvalue weighted by Gasteiger charge is 2.44. The van der Waals surface area contributed by atoms with Gasteiger partial charge in [-0.15, -0.1) is 22.7 Å². The lowest BCUT2D eigenvalue weighted by atomic mass is 9.79. The second-order valence-electron chi connectivity index (χ2n) is 9.27. The van der Waals surface area contributed by atoms with Gasteiger partial charge in [0.25, 0.3) is 11.5 Å². The maximum Gasteiger partial charge on any atom is 0.359 e. The van der Waals surface area contributed by atoms with Gasteiger partial charge in [0, 0.05) is 28.1 Å². The maximum absolute atomic E-state index is 13.5. The monoisotopic (exact) mass is 544 g/mol. The van der Waals surface area contributed by atoms with E-state index in [9.17, 15) is 14.4 Å². The topological polar surface area (TPSA) is 93.9 Å². The Morgan fingerprint density at radius 2 is 1.87 bits per heavy atom. The number of benzene rings is 1. The number of nitrogens with zero attached hydrogens (tertiary/aromatic N) is 4. The Morgan fingerprint density at radius 1 is 1.08 bits per heavy atom. The summed E-state index contributed by atoms with van der Waals surface area (Å²) in [5.41, 5.74) is 1.77. The average Bonchev–Trinajstić information content (AvgIpc) is 3.70. The summed E-state index contributed by atoms with van der Waals surface area (Å²) in [5, 5.41) is 15.2. The van der Waals surface area contributed by atoms with Gasteiger partial charge in [0.1, 0.15) is 0 Å². The number of hydrogen-bond donors (Lipinski definition) is 0. The van der Waals surface area contributed by atoms with Crippen LogP contribution in [0.15, 0.2) is 74.8 Å². The van der Waals surface area contributed by atoms with E-state index in [1.807, 2.05) is 29.0 Å². The van der Waals surface area contributed by atoms with E-state index in [1.165, 1.54) is 12.1 Å². The molecule has 0 saturated heterocycles. The molecule has 2 aliphatic rings. The fraction of sp³-hybridized carbons (Fsp3) is 0.250. The number of rotatable bonds is 5. The Morgan fingerprint density at radius 3 is 2.63 bits per heavy atom. The Hall–Kier alpha value is -3.89. The van der Waals surface area contributed by atoms with Crippen LogP contribution in [0.5, 0.6) is 0 Å². The molecule has 4 aromatic rings. The molecule has 3 aromatic heterocycles. The SMILES string of the molecule is Cn1nc(C(=O)OCC(=O)N2N=C3C(=Cc4cccs4)CCCC3C2c2cccs2)c2ccccc2c1=O. The van der Waals surface area contributed by atoms with Crippen LogP contribution in [0.3, 0.4) is 0 Å². The fourth-order valence-corrected chi connectivity index (χ4v) is 6.76. The zero-order valence-corrected chi connectivity index (χ0v) is 22.2. The van der Waals surface area contributed by atoms with Gasteiger partial charge in [0.05, 0.1) is 17.1 Å². The molecule has 10 heteroatoms. The van der Waals surface area contributed by atoms with Gasteiger partial charge in [0.15, 0.2) is 12.3 Å². The summed E-state index contributed by atoms with van der Waals surface area (Å²) in [7, 11) is 1.48. The van der Waals surface area contributed by atoms with Crippen LogP contribution in [0.1, 0.15) is 45.5 Å². The molecule has 0 spiro atoms. The first-order chi connectivity index (χ1) is 18.5. The number of carbonyl (C=O) groups is 2. The summed E-state index contributed by atoms with van der Waals surface area (Å²) in [6.07, 6.45) is 5.03. The largest absolute Gasteiger partial charge is 0.451 e. The number of carbonyl (C=O) groups excluding carboxylic acids is 2. The van der Waals surface area contributed by atoms with Crippen LogP contribution < -0.4 is 5.56 Å². The Balaban J connectivity index is 1.28. The molecule has 1 aliphatic carbocycles. The summed E-state index contributed by atoms with van der Waals surface area (Å²) < 4.78 is 6.55. The van der Waals surface area contributed by atoms with E-state index in [4.69, 9.17) is 9.84 Å². The van der Waals surface area contributed by atoms with E-state index in [-0.39, 0.29) is 23.2 Å². The van der Waals surface area contributed by atoms with Gasteiger partial charge in [-0.05, 0) is 59.9 Å². The highest BCUT2D eigenvalue weighted by atomic mass is 32.1. The first kappa shape index (κ1) is 24.4. The number of hydrogen-bond acceptors (Lipinski definition) is 8. The highest BCUT2D eigenvalue weighted by molar-refractivity contribution is 7.11. The van der Waals surface area contributed by atoms with Crippen LogP contribution in [-0.4, -0.2) is 39.0 Å². The normalized spacial score (nSPS) is 20.0. The van der Waals surface area contributed by atoms with Gasteiger partial charge in [-0.25, -0.2) is 14.5 Å². The molecule has 2 atom stereocenters. The van der Waals surface area contributed by atoms with Crippen LogP contribution in [0.4, 0.5) is 0 Å². The summed E-state index contributed by atoms with van der Waals surface area (Å²) in [5.74, 6) is -1.08. The van der Waals surface area contributed by atoms with Crippen molar-refractivity contribution in [1.82, 2.24) is 14.8 Å². The van der Waals surface area contributed by atoms with Crippen molar-refractivity contribution in [2.24, 2.45) is 18.1 Å². The molecule has 1 saturated carbocycles. The van der Waals surface area contributed by atoms with Crippen LogP contribution >= 0.6 is 22.7 Å². The molecule has 1 aromatic carbocycles. The zero-order chi connectivity index (χ0) is 26.2. The van der Waals surface area contributed by atoms with Gasteiger partial charge < -0.3 is 4.74 Å². The lowest BCUT2D eigenvalue weighted by molar-refractivity contribution is -0.136. The molecule has 1 fully saturated rings. The molecule has 2 unspecified atom stereocenters. The lowest BCUT2D eigenvalue weighted by Crippen LogP contribution is -2.34. The van der Waals surface area contributed by atoms with Crippen molar-refractivity contribution in [2.75, 3.05) is 6.61 Å². The minimum absolute atomic E-state index is 0.00659. The summed E-state index contributed by atoms with van der Waals surface area (Å²) in [4.78, 5) is 41.1. The van der Waals surface area contributed by atoms with Gasteiger partial charge >= 0.3 is 5.97 Å². The number of allylic oxidation sites excluding steroid dienone is 1. The summed E-state index contributed by atoms with van der Waals surface area (Å²) in [6, 6.07) is 14.6. The van der Waals surface area contributed by atoms with Crippen molar-refractivity contribution in [3.63, 3.8) is 0 Å². The number of aromatic nitrogens is 2. The third-order valence-corrected chi connectivity index (χ3v) is 8.69. The van der Waals surface area contributed by atoms with Gasteiger partial charge in [0.2, 0.25) is 0 Å². The number of hydrazone groups is 1. The van der Waals surface area contributed by atoms with E-state index in [0.29, 0.717) is 10.8 Å². The molecular weight excluding hydrogens is 520 g/mol. The standard InChI is InChI=1S/C28H24N4O4S2/c1-31-27(34)20-10-3-2-9-19(20)25(29-31)28(35)36-16-23(33)32-26(22-12-6-14-38-22)21-11-4-7-17(24(21)30-32)15-18-8-5-13-37-18/h2-3,5-6,8-10,12-15,21,26H,4,7,11,16H2,1H3. The second-order valence-corrected chi connectivity index (χ2v) is 11.2.